The van der Waals surface area contributed by atoms with E-state index in [1.165, 1.54) is 32.1 Å². The molecule has 2 saturated carbocycles. The molecule has 1 atom stereocenters. The van der Waals surface area contributed by atoms with Crippen molar-refractivity contribution >= 4 is 0 Å². The standard InChI is InChI=1S/C13H25NO/c1-3-14-13(11-5-6-11)9-10-7-12(8-10)15-4-2/h10-14H,3-9H2,1-2H3. The van der Waals surface area contributed by atoms with Crippen LogP contribution >= 0.6 is 0 Å². The van der Waals surface area contributed by atoms with E-state index in [1.54, 1.807) is 0 Å². The average molecular weight is 211 g/mol. The smallest absolute Gasteiger partial charge is 0.0580 e. The van der Waals surface area contributed by atoms with E-state index >= 15 is 0 Å². The number of rotatable bonds is 7. The summed E-state index contributed by atoms with van der Waals surface area (Å²) in [5, 5.41) is 3.65. The molecule has 15 heavy (non-hydrogen) atoms. The molecule has 0 radical (unpaired) electrons. The Morgan fingerprint density at radius 1 is 1.27 bits per heavy atom. The SMILES string of the molecule is CCNC(CC1CC(OCC)C1)C1CC1. The van der Waals surface area contributed by atoms with Crippen molar-refractivity contribution in [3.63, 3.8) is 0 Å². The summed E-state index contributed by atoms with van der Waals surface area (Å²) < 4.78 is 5.61. The largest absolute Gasteiger partial charge is 0.378 e. The highest BCUT2D eigenvalue weighted by atomic mass is 16.5. The molecule has 0 saturated heterocycles. The van der Waals surface area contributed by atoms with Gasteiger partial charge in [0.05, 0.1) is 6.10 Å². The summed E-state index contributed by atoms with van der Waals surface area (Å²) in [7, 11) is 0. The summed E-state index contributed by atoms with van der Waals surface area (Å²) >= 11 is 0. The zero-order valence-electron chi connectivity index (χ0n) is 10.2. The van der Waals surface area contributed by atoms with Gasteiger partial charge in [0.1, 0.15) is 0 Å². The second kappa shape index (κ2) is 5.31. The van der Waals surface area contributed by atoms with Crippen LogP contribution in [0.1, 0.15) is 46.0 Å². The van der Waals surface area contributed by atoms with Crippen molar-refractivity contribution < 1.29 is 4.74 Å². The number of ether oxygens (including phenoxy) is 1. The Kier molecular flexibility index (Phi) is 4.04. The number of nitrogens with one attached hydrogen (secondary N) is 1. The molecule has 0 amide bonds. The van der Waals surface area contributed by atoms with Crippen LogP contribution in [0.15, 0.2) is 0 Å². The first-order valence-corrected chi connectivity index (χ1v) is 6.68. The molecule has 0 bridgehead atoms. The van der Waals surface area contributed by atoms with Crippen molar-refractivity contribution in [1.82, 2.24) is 5.32 Å². The van der Waals surface area contributed by atoms with Gasteiger partial charge in [-0.05, 0) is 57.4 Å². The number of hydrogen-bond acceptors (Lipinski definition) is 2. The predicted octanol–water partition coefficient (Wildman–Crippen LogP) is 2.58. The summed E-state index contributed by atoms with van der Waals surface area (Å²) in [6, 6.07) is 0.808. The Morgan fingerprint density at radius 3 is 2.53 bits per heavy atom. The van der Waals surface area contributed by atoms with Gasteiger partial charge in [-0.3, -0.25) is 0 Å². The van der Waals surface area contributed by atoms with Crippen LogP contribution in [-0.2, 0) is 4.74 Å². The topological polar surface area (TPSA) is 21.3 Å². The Bertz CT molecular complexity index is 185. The van der Waals surface area contributed by atoms with Gasteiger partial charge in [-0.2, -0.15) is 0 Å². The summed E-state index contributed by atoms with van der Waals surface area (Å²) in [6.45, 7) is 6.33. The third kappa shape index (κ3) is 3.18. The van der Waals surface area contributed by atoms with Gasteiger partial charge in [0.15, 0.2) is 0 Å². The molecule has 0 aromatic rings. The van der Waals surface area contributed by atoms with Crippen molar-refractivity contribution in [1.29, 1.82) is 0 Å². The lowest BCUT2D eigenvalue weighted by atomic mass is 9.77. The summed E-state index contributed by atoms with van der Waals surface area (Å²) in [5.74, 6) is 1.93. The average Bonchev–Trinajstić information content (AvgIpc) is 2.96. The molecule has 88 valence electrons. The van der Waals surface area contributed by atoms with Crippen LogP contribution in [0.2, 0.25) is 0 Å². The van der Waals surface area contributed by atoms with Crippen LogP contribution in [0.3, 0.4) is 0 Å². The third-order valence-corrected chi connectivity index (χ3v) is 3.84. The maximum absolute atomic E-state index is 5.61. The van der Waals surface area contributed by atoms with Crippen LogP contribution in [0.25, 0.3) is 0 Å². The van der Waals surface area contributed by atoms with Gasteiger partial charge in [0.25, 0.3) is 0 Å². The van der Waals surface area contributed by atoms with Crippen LogP contribution in [0.5, 0.6) is 0 Å². The fraction of sp³-hybridized carbons (Fsp3) is 1.00. The highest BCUT2D eigenvalue weighted by molar-refractivity contribution is 4.91. The molecule has 2 fully saturated rings. The van der Waals surface area contributed by atoms with Gasteiger partial charge >= 0.3 is 0 Å². The number of hydrogen-bond donors (Lipinski definition) is 1. The minimum atomic E-state index is 0.585. The monoisotopic (exact) mass is 211 g/mol. The summed E-state index contributed by atoms with van der Waals surface area (Å²) in [6.07, 6.45) is 7.51. The maximum atomic E-state index is 5.61. The molecule has 0 aliphatic heterocycles. The summed E-state index contributed by atoms with van der Waals surface area (Å²) in [4.78, 5) is 0. The van der Waals surface area contributed by atoms with Crippen molar-refractivity contribution in [3.05, 3.63) is 0 Å². The van der Waals surface area contributed by atoms with E-state index in [-0.39, 0.29) is 0 Å². The first-order valence-electron chi connectivity index (χ1n) is 6.68. The summed E-state index contributed by atoms with van der Waals surface area (Å²) in [5.41, 5.74) is 0. The molecule has 0 aromatic heterocycles. The second-order valence-electron chi connectivity index (χ2n) is 5.15. The molecule has 1 unspecified atom stereocenters. The lowest BCUT2D eigenvalue weighted by Gasteiger charge is -2.37. The van der Waals surface area contributed by atoms with E-state index in [0.717, 1.165) is 31.0 Å². The molecule has 2 heteroatoms. The Hall–Kier alpha value is -0.0800. The van der Waals surface area contributed by atoms with Crippen LogP contribution < -0.4 is 5.32 Å². The first kappa shape index (κ1) is 11.4. The van der Waals surface area contributed by atoms with Crippen LogP contribution in [-0.4, -0.2) is 25.3 Å². The molecule has 0 heterocycles. The van der Waals surface area contributed by atoms with E-state index in [0.29, 0.717) is 6.10 Å². The molecule has 2 aliphatic carbocycles. The Balaban J connectivity index is 1.63. The van der Waals surface area contributed by atoms with Gasteiger partial charge in [0.2, 0.25) is 0 Å². The van der Waals surface area contributed by atoms with E-state index in [2.05, 4.69) is 19.2 Å². The molecule has 0 spiro atoms. The van der Waals surface area contributed by atoms with Crippen molar-refractivity contribution in [2.24, 2.45) is 11.8 Å². The van der Waals surface area contributed by atoms with Crippen molar-refractivity contribution in [2.45, 2.75) is 58.1 Å². The van der Waals surface area contributed by atoms with E-state index in [9.17, 15) is 0 Å². The van der Waals surface area contributed by atoms with Gasteiger partial charge in [-0.1, -0.05) is 6.92 Å². The van der Waals surface area contributed by atoms with Gasteiger partial charge < -0.3 is 10.1 Å². The third-order valence-electron chi connectivity index (χ3n) is 3.84. The Morgan fingerprint density at radius 2 is 2.00 bits per heavy atom. The normalized spacial score (nSPS) is 32.4. The lowest BCUT2D eigenvalue weighted by molar-refractivity contribution is -0.0295. The molecule has 0 aromatic carbocycles. The second-order valence-corrected chi connectivity index (χ2v) is 5.15. The molecule has 2 rings (SSSR count). The molecular weight excluding hydrogens is 186 g/mol. The van der Waals surface area contributed by atoms with Gasteiger partial charge in [0, 0.05) is 12.6 Å². The molecule has 2 aliphatic rings. The molecular formula is C13H25NO. The molecule has 1 N–H and O–H groups in total. The first-order chi connectivity index (χ1) is 7.33. The fourth-order valence-corrected chi connectivity index (χ4v) is 2.80. The highest BCUT2D eigenvalue weighted by Gasteiger charge is 2.36. The van der Waals surface area contributed by atoms with Crippen LogP contribution in [0, 0.1) is 11.8 Å². The zero-order chi connectivity index (χ0) is 10.7. The minimum Gasteiger partial charge on any atom is -0.378 e. The van der Waals surface area contributed by atoms with E-state index in [1.807, 2.05) is 0 Å². The maximum Gasteiger partial charge on any atom is 0.0580 e. The fourth-order valence-electron chi connectivity index (χ4n) is 2.80. The van der Waals surface area contributed by atoms with E-state index in [4.69, 9.17) is 4.74 Å². The van der Waals surface area contributed by atoms with E-state index < -0.39 is 0 Å². The molecule has 2 nitrogen and oxygen atoms in total. The van der Waals surface area contributed by atoms with Gasteiger partial charge in [-0.15, -0.1) is 0 Å². The highest BCUT2D eigenvalue weighted by Crippen LogP contribution is 2.40. The zero-order valence-corrected chi connectivity index (χ0v) is 10.2. The van der Waals surface area contributed by atoms with Gasteiger partial charge in [-0.25, -0.2) is 0 Å². The quantitative estimate of drug-likeness (QED) is 0.699. The van der Waals surface area contributed by atoms with Crippen molar-refractivity contribution in [3.8, 4) is 0 Å². The Labute approximate surface area is 93.8 Å². The van der Waals surface area contributed by atoms with Crippen molar-refractivity contribution in [2.75, 3.05) is 13.2 Å². The van der Waals surface area contributed by atoms with Crippen LogP contribution in [0.4, 0.5) is 0 Å². The lowest BCUT2D eigenvalue weighted by Crippen LogP contribution is -2.39. The predicted molar refractivity (Wildman–Crippen MR) is 62.9 cm³/mol. The minimum absolute atomic E-state index is 0.585.